The number of rotatable bonds is 4. The van der Waals surface area contributed by atoms with Crippen LogP contribution >= 0.6 is 0 Å². The molecule has 0 atom stereocenters. The van der Waals surface area contributed by atoms with Crippen LogP contribution in [0.4, 0.5) is 11.6 Å². The van der Waals surface area contributed by atoms with Crippen molar-refractivity contribution < 1.29 is 9.66 Å². The molecule has 0 saturated heterocycles. The zero-order chi connectivity index (χ0) is 16.4. The number of non-ortho nitro benzene ring substituents is 1. The van der Waals surface area contributed by atoms with Crippen molar-refractivity contribution in [2.75, 3.05) is 12.3 Å². The highest BCUT2D eigenvalue weighted by atomic mass is 16.6. The van der Waals surface area contributed by atoms with Crippen LogP contribution in [-0.2, 0) is 0 Å². The third kappa shape index (κ3) is 2.84. The highest BCUT2D eigenvalue weighted by Gasteiger charge is 2.13. The number of nitrogens with two attached hydrogens (primary N) is 1. The van der Waals surface area contributed by atoms with Gasteiger partial charge in [0.1, 0.15) is 0 Å². The van der Waals surface area contributed by atoms with E-state index in [0.717, 1.165) is 0 Å². The van der Waals surface area contributed by atoms with Gasteiger partial charge in [-0.05, 0) is 6.92 Å². The second-order valence-corrected chi connectivity index (χ2v) is 4.55. The van der Waals surface area contributed by atoms with Crippen molar-refractivity contribution in [1.29, 1.82) is 0 Å². The van der Waals surface area contributed by atoms with E-state index in [0.29, 0.717) is 29.0 Å². The Morgan fingerprint density at radius 1 is 1.30 bits per heavy atom. The monoisotopic (exact) mass is 312 g/mol. The Bertz CT molecular complexity index is 899. The molecule has 9 nitrogen and oxygen atoms in total. The van der Waals surface area contributed by atoms with E-state index in [-0.39, 0.29) is 17.5 Å². The Morgan fingerprint density at radius 3 is 2.87 bits per heavy atom. The number of fused-ring (bicyclic) bond motifs is 1. The molecular formula is C14H12N6O3. The lowest BCUT2D eigenvalue weighted by atomic mass is 10.1. The molecule has 0 saturated carbocycles. The third-order valence-electron chi connectivity index (χ3n) is 3.03. The fraction of sp³-hybridized carbons (Fsp3) is 0.143. The summed E-state index contributed by atoms with van der Waals surface area (Å²) in [6, 6.07) is 6.13. The highest BCUT2D eigenvalue weighted by Crippen LogP contribution is 2.26. The van der Waals surface area contributed by atoms with E-state index in [1.54, 1.807) is 12.1 Å². The summed E-state index contributed by atoms with van der Waals surface area (Å²) in [4.78, 5) is 27.0. The average Bonchev–Trinajstić information content (AvgIpc) is 2.55. The first-order chi connectivity index (χ1) is 11.1. The largest absolute Gasteiger partial charge is 0.476 e. The van der Waals surface area contributed by atoms with Gasteiger partial charge in [0.05, 0.1) is 23.4 Å². The molecule has 3 aromatic rings. The number of nitrogen functional groups attached to an aromatic ring is 1. The lowest BCUT2D eigenvalue weighted by Crippen LogP contribution is -2.04. The SMILES string of the molecule is CCOc1nc(N)nc2ncc(-c3cccc([N+](=O)[O-])c3)nc12. The first-order valence-corrected chi connectivity index (χ1v) is 6.76. The Morgan fingerprint density at radius 2 is 2.13 bits per heavy atom. The van der Waals surface area contributed by atoms with Crippen molar-refractivity contribution in [3.63, 3.8) is 0 Å². The smallest absolute Gasteiger partial charge is 0.270 e. The topological polar surface area (TPSA) is 130 Å². The van der Waals surface area contributed by atoms with Crippen LogP contribution in [0.2, 0.25) is 0 Å². The predicted octanol–water partition coefficient (Wildman–Crippen LogP) is 1.98. The van der Waals surface area contributed by atoms with Gasteiger partial charge in [-0.2, -0.15) is 9.97 Å². The minimum absolute atomic E-state index is 0.0250. The summed E-state index contributed by atoms with van der Waals surface area (Å²) in [6.07, 6.45) is 1.48. The van der Waals surface area contributed by atoms with Crippen molar-refractivity contribution >= 4 is 22.8 Å². The Labute approximate surface area is 130 Å². The molecule has 116 valence electrons. The molecule has 0 spiro atoms. The normalized spacial score (nSPS) is 10.7. The molecule has 0 aliphatic rings. The molecule has 0 aliphatic heterocycles. The minimum Gasteiger partial charge on any atom is -0.476 e. The molecule has 2 N–H and O–H groups in total. The van der Waals surface area contributed by atoms with E-state index in [4.69, 9.17) is 10.5 Å². The van der Waals surface area contributed by atoms with E-state index >= 15 is 0 Å². The average molecular weight is 312 g/mol. The highest BCUT2D eigenvalue weighted by molar-refractivity contribution is 5.79. The van der Waals surface area contributed by atoms with Gasteiger partial charge < -0.3 is 10.5 Å². The van der Waals surface area contributed by atoms with Gasteiger partial charge in [0.15, 0.2) is 11.2 Å². The van der Waals surface area contributed by atoms with Gasteiger partial charge in [-0.15, -0.1) is 0 Å². The molecule has 2 aromatic heterocycles. The zero-order valence-electron chi connectivity index (χ0n) is 12.1. The fourth-order valence-corrected chi connectivity index (χ4v) is 2.05. The van der Waals surface area contributed by atoms with Gasteiger partial charge in [0.25, 0.3) is 5.69 Å². The van der Waals surface area contributed by atoms with Crippen molar-refractivity contribution in [3.05, 3.63) is 40.6 Å². The standard InChI is InChI=1S/C14H12N6O3/c1-2-23-13-11-12(18-14(15)19-13)16-7-10(17-11)8-4-3-5-9(6-8)20(21)22/h3-7H,2H2,1H3,(H2,15,16,18,19). The predicted molar refractivity (Wildman–Crippen MR) is 82.8 cm³/mol. The summed E-state index contributed by atoms with van der Waals surface area (Å²) >= 11 is 0. The summed E-state index contributed by atoms with van der Waals surface area (Å²) in [5, 5.41) is 10.9. The van der Waals surface area contributed by atoms with Gasteiger partial charge in [0.2, 0.25) is 11.8 Å². The first kappa shape index (κ1) is 14.6. The number of hydrogen-bond donors (Lipinski definition) is 1. The summed E-state index contributed by atoms with van der Waals surface area (Å²) in [7, 11) is 0. The van der Waals surface area contributed by atoms with Crippen LogP contribution in [0, 0.1) is 10.1 Å². The maximum absolute atomic E-state index is 10.9. The zero-order valence-corrected chi connectivity index (χ0v) is 12.1. The van der Waals surface area contributed by atoms with Crippen molar-refractivity contribution in [1.82, 2.24) is 19.9 Å². The molecular weight excluding hydrogens is 300 g/mol. The maximum Gasteiger partial charge on any atom is 0.270 e. The summed E-state index contributed by atoms with van der Waals surface area (Å²) in [6.45, 7) is 2.19. The number of nitro benzene ring substituents is 1. The number of nitrogens with zero attached hydrogens (tertiary/aromatic N) is 5. The second-order valence-electron chi connectivity index (χ2n) is 4.55. The molecule has 0 amide bonds. The molecule has 0 fully saturated rings. The third-order valence-corrected chi connectivity index (χ3v) is 3.03. The van der Waals surface area contributed by atoms with Gasteiger partial charge >= 0.3 is 0 Å². The van der Waals surface area contributed by atoms with E-state index in [1.165, 1.54) is 18.3 Å². The van der Waals surface area contributed by atoms with Gasteiger partial charge in [-0.25, -0.2) is 9.97 Å². The molecule has 0 unspecified atom stereocenters. The van der Waals surface area contributed by atoms with E-state index in [2.05, 4.69) is 19.9 Å². The quantitative estimate of drug-likeness (QED) is 0.571. The van der Waals surface area contributed by atoms with E-state index in [1.807, 2.05) is 6.92 Å². The van der Waals surface area contributed by atoms with Crippen molar-refractivity contribution in [2.45, 2.75) is 6.92 Å². The number of anilines is 1. The number of aromatic nitrogens is 4. The van der Waals surface area contributed by atoms with Crippen molar-refractivity contribution in [2.24, 2.45) is 0 Å². The van der Waals surface area contributed by atoms with Crippen LogP contribution in [-0.4, -0.2) is 31.5 Å². The van der Waals surface area contributed by atoms with Gasteiger partial charge in [0, 0.05) is 17.7 Å². The summed E-state index contributed by atoms with van der Waals surface area (Å²) in [5.74, 6) is 0.271. The lowest BCUT2D eigenvalue weighted by Gasteiger charge is -2.07. The molecule has 1 aromatic carbocycles. The minimum atomic E-state index is -0.465. The molecule has 23 heavy (non-hydrogen) atoms. The molecule has 9 heteroatoms. The Hall–Kier alpha value is -3.36. The first-order valence-electron chi connectivity index (χ1n) is 6.76. The van der Waals surface area contributed by atoms with Crippen LogP contribution < -0.4 is 10.5 Å². The van der Waals surface area contributed by atoms with Gasteiger partial charge in [-0.3, -0.25) is 10.1 Å². The van der Waals surface area contributed by atoms with Crippen molar-refractivity contribution in [3.8, 4) is 17.1 Å². The molecule has 2 heterocycles. The van der Waals surface area contributed by atoms with Crippen LogP contribution in [0.1, 0.15) is 6.92 Å². The fourth-order valence-electron chi connectivity index (χ4n) is 2.05. The summed E-state index contributed by atoms with van der Waals surface area (Å²) in [5.41, 5.74) is 7.26. The van der Waals surface area contributed by atoms with Crippen LogP contribution in [0.3, 0.4) is 0 Å². The van der Waals surface area contributed by atoms with Crippen LogP contribution in [0.25, 0.3) is 22.4 Å². The lowest BCUT2D eigenvalue weighted by molar-refractivity contribution is -0.384. The van der Waals surface area contributed by atoms with E-state index in [9.17, 15) is 10.1 Å². The second kappa shape index (κ2) is 5.79. The van der Waals surface area contributed by atoms with Crippen LogP contribution in [0.5, 0.6) is 5.88 Å². The maximum atomic E-state index is 10.9. The van der Waals surface area contributed by atoms with Gasteiger partial charge in [-0.1, -0.05) is 12.1 Å². The van der Waals surface area contributed by atoms with E-state index < -0.39 is 4.92 Å². The number of hydrogen-bond acceptors (Lipinski definition) is 8. The molecule has 0 bridgehead atoms. The Balaban J connectivity index is 2.16. The molecule has 3 rings (SSSR count). The Kier molecular flexibility index (Phi) is 3.67. The molecule has 0 radical (unpaired) electrons. The summed E-state index contributed by atoms with van der Waals surface area (Å²) < 4.78 is 5.41. The van der Waals surface area contributed by atoms with Crippen LogP contribution in [0.15, 0.2) is 30.5 Å². The molecule has 0 aliphatic carbocycles. The number of ether oxygens (including phenoxy) is 1. The number of benzene rings is 1. The number of nitro groups is 1.